The molecule has 1 aromatic carbocycles. The first-order chi connectivity index (χ1) is 7.97. The van der Waals surface area contributed by atoms with Crippen LogP contribution in [0.15, 0.2) is 6.07 Å². The van der Waals surface area contributed by atoms with E-state index in [1.807, 2.05) is 26.8 Å². The predicted octanol–water partition coefficient (Wildman–Crippen LogP) is 2.69. The molecule has 1 aromatic rings. The minimum atomic E-state index is -0.391. The molecule has 0 aliphatic carbocycles. The zero-order valence-electron chi connectivity index (χ0n) is 10.3. The predicted molar refractivity (Wildman–Crippen MR) is 67.3 cm³/mol. The second kappa shape index (κ2) is 4.39. The summed E-state index contributed by atoms with van der Waals surface area (Å²) in [6.45, 7) is 6.94. The largest absolute Gasteiger partial charge is 0.486 e. The van der Waals surface area contributed by atoms with Gasteiger partial charge in [0.2, 0.25) is 0 Å². The number of fused-ring (bicyclic) bond motifs is 1. The van der Waals surface area contributed by atoms with E-state index in [1.165, 1.54) is 0 Å². The van der Waals surface area contributed by atoms with E-state index in [1.54, 1.807) is 0 Å². The van der Waals surface area contributed by atoms with Gasteiger partial charge in [-0.15, -0.1) is 0 Å². The highest BCUT2D eigenvalue weighted by molar-refractivity contribution is 6.32. The molecule has 2 rings (SSSR count). The van der Waals surface area contributed by atoms with E-state index in [9.17, 15) is 5.11 Å². The van der Waals surface area contributed by atoms with Crippen molar-refractivity contribution in [2.75, 3.05) is 19.8 Å². The summed E-state index contributed by atoms with van der Waals surface area (Å²) < 4.78 is 11.1. The second-order valence-electron chi connectivity index (χ2n) is 4.93. The molecule has 0 radical (unpaired) electrons. The van der Waals surface area contributed by atoms with Gasteiger partial charge in [0.25, 0.3) is 0 Å². The van der Waals surface area contributed by atoms with Crippen LogP contribution in [0, 0.1) is 6.92 Å². The molecule has 0 unspecified atom stereocenters. The summed E-state index contributed by atoms with van der Waals surface area (Å²) in [6, 6.07) is 1.88. The smallest absolute Gasteiger partial charge is 0.165 e. The third-order valence-electron chi connectivity index (χ3n) is 3.12. The number of rotatable bonds is 2. The summed E-state index contributed by atoms with van der Waals surface area (Å²) in [5.74, 6) is 1.44. The molecule has 3 nitrogen and oxygen atoms in total. The van der Waals surface area contributed by atoms with Gasteiger partial charge in [0, 0.05) is 11.0 Å². The molecular formula is C13H17ClO3. The van der Waals surface area contributed by atoms with Gasteiger partial charge in [-0.2, -0.15) is 0 Å². The highest BCUT2D eigenvalue weighted by Crippen LogP contribution is 2.43. The Morgan fingerprint density at radius 1 is 1.35 bits per heavy atom. The number of hydrogen-bond acceptors (Lipinski definition) is 3. The maximum Gasteiger partial charge on any atom is 0.165 e. The zero-order chi connectivity index (χ0) is 12.6. The fourth-order valence-corrected chi connectivity index (χ4v) is 2.30. The molecule has 0 spiro atoms. The van der Waals surface area contributed by atoms with Crippen LogP contribution in [0.4, 0.5) is 0 Å². The summed E-state index contributed by atoms with van der Waals surface area (Å²) in [7, 11) is 0. The van der Waals surface area contributed by atoms with Crippen molar-refractivity contribution in [2.24, 2.45) is 0 Å². The Balaban J connectivity index is 2.59. The van der Waals surface area contributed by atoms with Gasteiger partial charge < -0.3 is 14.6 Å². The lowest BCUT2D eigenvalue weighted by Gasteiger charge is -2.28. The fraction of sp³-hybridized carbons (Fsp3) is 0.538. The molecule has 17 heavy (non-hydrogen) atoms. The van der Waals surface area contributed by atoms with Gasteiger partial charge in [0.1, 0.15) is 13.2 Å². The lowest BCUT2D eigenvalue weighted by molar-refractivity contribution is 0.169. The highest BCUT2D eigenvalue weighted by atomic mass is 35.5. The number of benzene rings is 1. The Labute approximate surface area is 106 Å². The number of aliphatic hydroxyl groups is 1. The van der Waals surface area contributed by atoms with Crippen LogP contribution in [0.5, 0.6) is 11.5 Å². The summed E-state index contributed by atoms with van der Waals surface area (Å²) in [5, 5.41) is 10.1. The van der Waals surface area contributed by atoms with E-state index in [-0.39, 0.29) is 6.61 Å². The topological polar surface area (TPSA) is 38.7 Å². The van der Waals surface area contributed by atoms with Crippen LogP contribution in [0.2, 0.25) is 5.02 Å². The van der Waals surface area contributed by atoms with Crippen LogP contribution in [-0.4, -0.2) is 24.9 Å². The first kappa shape index (κ1) is 12.5. The van der Waals surface area contributed by atoms with E-state index in [0.29, 0.717) is 18.2 Å². The van der Waals surface area contributed by atoms with Crippen molar-refractivity contribution >= 4 is 11.6 Å². The van der Waals surface area contributed by atoms with E-state index in [4.69, 9.17) is 21.1 Å². The average Bonchev–Trinajstić information content (AvgIpc) is 2.33. The van der Waals surface area contributed by atoms with Crippen LogP contribution >= 0.6 is 11.6 Å². The zero-order valence-corrected chi connectivity index (χ0v) is 11.1. The third-order valence-corrected chi connectivity index (χ3v) is 3.60. The normalized spacial score (nSPS) is 14.9. The number of halogens is 1. The van der Waals surface area contributed by atoms with Crippen LogP contribution in [0.3, 0.4) is 0 Å². The van der Waals surface area contributed by atoms with Gasteiger partial charge in [0.05, 0.1) is 11.6 Å². The van der Waals surface area contributed by atoms with Gasteiger partial charge in [0.15, 0.2) is 11.5 Å². The molecule has 0 bridgehead atoms. The third kappa shape index (κ3) is 2.09. The van der Waals surface area contributed by atoms with Gasteiger partial charge in [-0.1, -0.05) is 25.4 Å². The number of ether oxygens (including phenoxy) is 2. The van der Waals surface area contributed by atoms with Crippen LogP contribution in [-0.2, 0) is 5.41 Å². The first-order valence-electron chi connectivity index (χ1n) is 5.67. The Hall–Kier alpha value is -0.930. The van der Waals surface area contributed by atoms with E-state index in [2.05, 4.69) is 0 Å². The van der Waals surface area contributed by atoms with Crippen molar-refractivity contribution in [3.8, 4) is 11.5 Å². The fourth-order valence-electron chi connectivity index (χ4n) is 1.91. The van der Waals surface area contributed by atoms with E-state index in [0.717, 1.165) is 22.6 Å². The van der Waals surface area contributed by atoms with Crippen molar-refractivity contribution in [3.05, 3.63) is 22.2 Å². The van der Waals surface area contributed by atoms with Gasteiger partial charge in [-0.3, -0.25) is 0 Å². The van der Waals surface area contributed by atoms with Gasteiger partial charge >= 0.3 is 0 Å². The monoisotopic (exact) mass is 256 g/mol. The molecule has 0 aromatic heterocycles. The van der Waals surface area contributed by atoms with Crippen molar-refractivity contribution in [1.82, 2.24) is 0 Å². The van der Waals surface area contributed by atoms with Crippen molar-refractivity contribution in [2.45, 2.75) is 26.2 Å². The second-order valence-corrected chi connectivity index (χ2v) is 5.31. The molecule has 1 aliphatic heterocycles. The lowest BCUT2D eigenvalue weighted by Crippen LogP contribution is -2.24. The molecular weight excluding hydrogens is 240 g/mol. The minimum absolute atomic E-state index is 0.0335. The van der Waals surface area contributed by atoms with E-state index >= 15 is 0 Å². The SMILES string of the molecule is Cc1c(Cl)c(C(C)(C)CO)cc2c1OCCO2. The average molecular weight is 257 g/mol. The first-order valence-corrected chi connectivity index (χ1v) is 6.05. The quantitative estimate of drug-likeness (QED) is 0.884. The molecule has 0 saturated heterocycles. The maximum atomic E-state index is 9.44. The number of aliphatic hydroxyl groups excluding tert-OH is 1. The van der Waals surface area contributed by atoms with Crippen molar-refractivity contribution < 1.29 is 14.6 Å². The van der Waals surface area contributed by atoms with Gasteiger partial charge in [-0.05, 0) is 18.6 Å². The maximum absolute atomic E-state index is 9.44. The Morgan fingerprint density at radius 2 is 2.00 bits per heavy atom. The summed E-state index contributed by atoms with van der Waals surface area (Å²) >= 11 is 6.35. The molecule has 4 heteroatoms. The Bertz CT molecular complexity index is 441. The molecule has 0 saturated carbocycles. The highest BCUT2D eigenvalue weighted by Gasteiger charge is 2.28. The van der Waals surface area contributed by atoms with Crippen LogP contribution in [0.25, 0.3) is 0 Å². The summed E-state index contributed by atoms with van der Waals surface area (Å²) in [5.41, 5.74) is 1.38. The number of hydrogen-bond donors (Lipinski definition) is 1. The van der Waals surface area contributed by atoms with Crippen molar-refractivity contribution in [3.63, 3.8) is 0 Å². The standard InChI is InChI=1S/C13H17ClO3/c1-8-11(14)9(13(2,3)7-15)6-10-12(8)17-5-4-16-10/h6,15H,4-5,7H2,1-3H3. The molecule has 1 heterocycles. The minimum Gasteiger partial charge on any atom is -0.486 e. The lowest BCUT2D eigenvalue weighted by atomic mass is 9.84. The molecule has 1 N–H and O–H groups in total. The molecule has 94 valence electrons. The molecule has 0 atom stereocenters. The summed E-state index contributed by atoms with van der Waals surface area (Å²) in [4.78, 5) is 0. The molecule has 0 amide bonds. The van der Waals surface area contributed by atoms with E-state index < -0.39 is 5.41 Å². The molecule has 1 aliphatic rings. The van der Waals surface area contributed by atoms with Crippen molar-refractivity contribution in [1.29, 1.82) is 0 Å². The Morgan fingerprint density at radius 3 is 2.65 bits per heavy atom. The van der Waals surface area contributed by atoms with Crippen LogP contribution in [0.1, 0.15) is 25.0 Å². The molecule has 0 fully saturated rings. The summed E-state index contributed by atoms with van der Waals surface area (Å²) in [6.07, 6.45) is 0. The van der Waals surface area contributed by atoms with Crippen LogP contribution < -0.4 is 9.47 Å². The van der Waals surface area contributed by atoms with Gasteiger partial charge in [-0.25, -0.2) is 0 Å². The Kier molecular flexibility index (Phi) is 3.23.